The van der Waals surface area contributed by atoms with Gasteiger partial charge in [-0.1, -0.05) is 0 Å². The van der Waals surface area contributed by atoms with Gasteiger partial charge in [-0.3, -0.25) is 14.5 Å². The van der Waals surface area contributed by atoms with E-state index in [0.717, 1.165) is 12.3 Å². The molecule has 2 aliphatic heterocycles. The number of hydrogen-bond donors (Lipinski definition) is 3. The average Bonchev–Trinajstić information content (AvgIpc) is 3.61. The maximum absolute atomic E-state index is 14.3. The number of alkyl halides is 3. The Labute approximate surface area is 263 Å². The number of likely N-dealkylation sites (N-methyl/N-ethyl adjacent to an activating group) is 1. The van der Waals surface area contributed by atoms with Gasteiger partial charge in [0.2, 0.25) is 17.5 Å². The van der Waals surface area contributed by atoms with Crippen LogP contribution in [0.15, 0.2) is 28.5 Å². The number of ether oxygens (including phenoxy) is 1. The van der Waals surface area contributed by atoms with Crippen molar-refractivity contribution in [3.05, 3.63) is 46.9 Å². The van der Waals surface area contributed by atoms with E-state index in [2.05, 4.69) is 20.2 Å². The molecule has 1 spiro atoms. The highest BCUT2D eigenvalue weighted by atomic mass is 19.4. The summed E-state index contributed by atoms with van der Waals surface area (Å²) in [5.74, 6) is -3.45. The van der Waals surface area contributed by atoms with Crippen molar-refractivity contribution in [3.8, 4) is 5.88 Å². The predicted molar refractivity (Wildman–Crippen MR) is 158 cm³/mol. The lowest BCUT2D eigenvalue weighted by molar-refractivity contribution is -0.153. The Morgan fingerprint density at radius 2 is 1.93 bits per heavy atom. The first kappa shape index (κ1) is 33.2. The maximum Gasteiger partial charge on any atom is 0.451 e. The zero-order valence-corrected chi connectivity index (χ0v) is 26.1. The van der Waals surface area contributed by atoms with Crippen molar-refractivity contribution in [2.45, 2.75) is 69.9 Å². The molecule has 3 fully saturated rings. The maximum atomic E-state index is 14.3. The van der Waals surface area contributed by atoms with Crippen LogP contribution in [0.25, 0.3) is 0 Å². The first-order chi connectivity index (χ1) is 21.6. The molecule has 3 atom stereocenters. The Balaban J connectivity index is 1.23. The molecule has 0 radical (unpaired) electrons. The number of anilines is 1. The second-order valence-corrected chi connectivity index (χ2v) is 12.3. The molecule has 1 saturated carbocycles. The number of carbonyl (C=O) groups is 2. The Bertz CT molecular complexity index is 1530. The molecule has 2 aromatic heterocycles. The van der Waals surface area contributed by atoms with Crippen LogP contribution in [0, 0.1) is 17.1 Å². The lowest BCUT2D eigenvalue weighted by atomic mass is 9.88. The van der Waals surface area contributed by atoms with Gasteiger partial charge in [-0.2, -0.15) is 18.2 Å². The number of aromatic nitrogens is 2. The molecule has 1 aliphatic carbocycles. The molecule has 250 valence electrons. The topological polar surface area (TPSA) is 154 Å². The van der Waals surface area contributed by atoms with Crippen molar-refractivity contribution in [1.29, 1.82) is 5.41 Å². The van der Waals surface area contributed by atoms with Crippen molar-refractivity contribution in [1.82, 2.24) is 25.1 Å². The number of carbonyl (C=O) groups excluding carboxylic acids is 2. The van der Waals surface area contributed by atoms with Crippen LogP contribution in [0.5, 0.6) is 5.88 Å². The normalized spacial score (nSPS) is 23.4. The fraction of sp³-hybridized carbons (Fsp3) is 0.567. The van der Waals surface area contributed by atoms with E-state index in [9.17, 15) is 27.2 Å². The first-order valence-electron chi connectivity index (χ1n) is 15.0. The lowest BCUT2D eigenvalue weighted by Crippen LogP contribution is -2.55. The van der Waals surface area contributed by atoms with Crippen LogP contribution in [0.2, 0.25) is 0 Å². The number of amides is 2. The Morgan fingerprint density at radius 3 is 2.54 bits per heavy atom. The summed E-state index contributed by atoms with van der Waals surface area (Å²) < 4.78 is 66.1. The van der Waals surface area contributed by atoms with E-state index in [1.165, 1.54) is 13.2 Å². The van der Waals surface area contributed by atoms with E-state index in [-0.39, 0.29) is 53.9 Å². The van der Waals surface area contributed by atoms with E-state index >= 15 is 0 Å². The molecule has 4 N–H and O–H groups in total. The van der Waals surface area contributed by atoms with Crippen molar-refractivity contribution in [2.75, 3.05) is 38.7 Å². The average molecular weight is 651 g/mol. The molecule has 2 saturated heterocycles. The number of nitrogens with one attached hydrogen (secondary N) is 2. The summed E-state index contributed by atoms with van der Waals surface area (Å²) in [5, 5.41) is 10.9. The summed E-state index contributed by atoms with van der Waals surface area (Å²) in [5.41, 5.74) is 4.29. The SMILES string of the molecule is COc1cc(C(=N)C=C(N)C(=O)N2CC[C@H](C(=O)NCc3nc(N4C[C@@H](C)N(C)[C@@H](C)C4)oc3C(F)(F)F)CC23CC3)c(F)cn1. The molecule has 12 nitrogen and oxygen atoms in total. The van der Waals surface area contributed by atoms with Gasteiger partial charge in [-0.15, -0.1) is 0 Å². The number of halogens is 4. The number of allylic oxidation sites excluding steroid dienone is 1. The molecule has 0 aromatic carbocycles. The third-order valence-corrected chi connectivity index (χ3v) is 9.22. The second kappa shape index (κ2) is 12.5. The number of pyridine rings is 1. The molecule has 0 bridgehead atoms. The van der Waals surface area contributed by atoms with Crippen molar-refractivity contribution in [3.63, 3.8) is 0 Å². The van der Waals surface area contributed by atoms with Gasteiger partial charge < -0.3 is 35.4 Å². The Morgan fingerprint density at radius 1 is 1.26 bits per heavy atom. The van der Waals surface area contributed by atoms with Gasteiger partial charge in [0, 0.05) is 54.8 Å². The number of likely N-dealkylation sites (tertiary alicyclic amines) is 1. The lowest BCUT2D eigenvalue weighted by Gasteiger charge is -2.41. The number of nitrogens with two attached hydrogens (primary N) is 1. The number of piperidine rings is 1. The van der Waals surface area contributed by atoms with Gasteiger partial charge in [0.15, 0.2) is 5.82 Å². The smallest absolute Gasteiger partial charge is 0.451 e. The van der Waals surface area contributed by atoms with E-state index in [0.29, 0.717) is 32.4 Å². The number of rotatable bonds is 8. The zero-order chi connectivity index (χ0) is 33.6. The molecule has 4 heterocycles. The van der Waals surface area contributed by atoms with Crippen LogP contribution in [0.4, 0.5) is 23.6 Å². The van der Waals surface area contributed by atoms with Gasteiger partial charge in [0.05, 0.1) is 31.3 Å². The van der Waals surface area contributed by atoms with Crippen molar-refractivity contribution >= 4 is 23.5 Å². The standard InChI is InChI=1S/C30H38F4N8O4/c1-16-14-41(15-17(2)40(16)3)28-39-23(25(46-28)30(32,33)34)13-38-26(43)18-5-8-42(29(11-18)6-7-29)27(44)22(36)10-21(35)19-9-24(45-4)37-12-20(19)31/h9-10,12,16-18,35H,5-8,11,13-15,36H2,1-4H3,(H,38,43)/t16-,17+,18-/m0/s1. The summed E-state index contributed by atoms with van der Waals surface area (Å²) in [6.45, 7) is 4.55. The van der Waals surface area contributed by atoms with Gasteiger partial charge in [-0.25, -0.2) is 9.37 Å². The molecule has 5 rings (SSSR count). The predicted octanol–water partition coefficient (Wildman–Crippen LogP) is 3.06. The summed E-state index contributed by atoms with van der Waals surface area (Å²) in [4.78, 5) is 39.8. The highest BCUT2D eigenvalue weighted by Crippen LogP contribution is 2.50. The molecule has 2 amide bonds. The zero-order valence-electron chi connectivity index (χ0n) is 26.1. The fourth-order valence-corrected chi connectivity index (χ4v) is 6.23. The molecule has 2 aromatic rings. The fourth-order valence-electron chi connectivity index (χ4n) is 6.23. The molecule has 46 heavy (non-hydrogen) atoms. The van der Waals surface area contributed by atoms with Crippen molar-refractivity contribution < 1.29 is 36.3 Å². The Kier molecular flexibility index (Phi) is 9.03. The Hall–Kier alpha value is -4.21. The number of methoxy groups -OCH3 is 1. The largest absolute Gasteiger partial charge is 0.481 e. The monoisotopic (exact) mass is 650 g/mol. The molecular formula is C30H38F4N8O4. The molecule has 3 aliphatic rings. The van der Waals surface area contributed by atoms with E-state index < -0.39 is 53.3 Å². The van der Waals surface area contributed by atoms with E-state index in [1.807, 2.05) is 20.9 Å². The first-order valence-corrected chi connectivity index (χ1v) is 15.0. The van der Waals surface area contributed by atoms with Crippen LogP contribution in [-0.2, 0) is 22.3 Å². The summed E-state index contributed by atoms with van der Waals surface area (Å²) in [6, 6.07) is 1.25. The van der Waals surface area contributed by atoms with Gasteiger partial charge in [0.1, 0.15) is 5.69 Å². The summed E-state index contributed by atoms with van der Waals surface area (Å²) in [7, 11) is 3.30. The highest BCUT2D eigenvalue weighted by Gasteiger charge is 2.54. The van der Waals surface area contributed by atoms with Crippen LogP contribution in [0.1, 0.15) is 56.5 Å². The number of piperazine rings is 1. The third-order valence-electron chi connectivity index (χ3n) is 9.22. The van der Waals surface area contributed by atoms with E-state index in [1.54, 1.807) is 9.80 Å². The number of nitrogens with zero attached hydrogens (tertiary/aromatic N) is 5. The van der Waals surface area contributed by atoms with Crippen molar-refractivity contribution in [2.24, 2.45) is 11.7 Å². The molecular weight excluding hydrogens is 612 g/mol. The minimum absolute atomic E-state index is 0.0761. The number of hydrogen-bond acceptors (Lipinski definition) is 10. The third kappa shape index (κ3) is 6.66. The van der Waals surface area contributed by atoms with E-state index in [4.69, 9.17) is 20.3 Å². The van der Waals surface area contributed by atoms with Crippen LogP contribution < -0.4 is 20.7 Å². The quantitative estimate of drug-likeness (QED) is 0.222. The highest BCUT2D eigenvalue weighted by molar-refractivity contribution is 6.11. The van der Waals surface area contributed by atoms with Crippen LogP contribution in [-0.4, -0.2) is 88.7 Å². The minimum atomic E-state index is -4.79. The van der Waals surface area contributed by atoms with Gasteiger partial charge >= 0.3 is 6.18 Å². The molecule has 16 heteroatoms. The second-order valence-electron chi connectivity index (χ2n) is 12.3. The van der Waals surface area contributed by atoms with Crippen LogP contribution in [0.3, 0.4) is 0 Å². The van der Waals surface area contributed by atoms with Gasteiger partial charge in [0.25, 0.3) is 11.9 Å². The number of oxazole rings is 1. The minimum Gasteiger partial charge on any atom is -0.481 e. The van der Waals surface area contributed by atoms with Crippen LogP contribution >= 0.6 is 0 Å². The summed E-state index contributed by atoms with van der Waals surface area (Å²) in [6.07, 6.45) is -1.01. The van der Waals surface area contributed by atoms with Gasteiger partial charge in [-0.05, 0) is 52.7 Å². The summed E-state index contributed by atoms with van der Waals surface area (Å²) >= 11 is 0. The molecule has 0 unspecified atom stereocenters.